The number of para-hydroxylation sites is 1. The summed E-state index contributed by atoms with van der Waals surface area (Å²) in [5, 5.41) is 3.38. The SMILES string of the molecule is CNc1ncnc2c1ncn2C[C@H]1COc2ccccc2S1. The van der Waals surface area contributed by atoms with Crippen LogP contribution in [0.2, 0.25) is 0 Å². The highest BCUT2D eigenvalue weighted by Gasteiger charge is 2.21. The molecule has 6 nitrogen and oxygen atoms in total. The van der Waals surface area contributed by atoms with Crippen LogP contribution in [0, 0.1) is 0 Å². The predicted octanol–water partition coefficient (Wildman–Crippen LogP) is 2.42. The lowest BCUT2D eigenvalue weighted by molar-refractivity contribution is 0.294. The Morgan fingerprint density at radius 3 is 3.14 bits per heavy atom. The molecule has 3 aromatic rings. The highest BCUT2D eigenvalue weighted by atomic mass is 32.2. The van der Waals surface area contributed by atoms with Gasteiger partial charge in [-0.05, 0) is 12.1 Å². The van der Waals surface area contributed by atoms with Crippen LogP contribution in [0.1, 0.15) is 0 Å². The Kier molecular flexibility index (Phi) is 3.34. The average molecular weight is 313 g/mol. The Morgan fingerprint density at radius 2 is 2.23 bits per heavy atom. The van der Waals surface area contributed by atoms with Crippen molar-refractivity contribution in [2.24, 2.45) is 0 Å². The lowest BCUT2D eigenvalue weighted by Crippen LogP contribution is -2.24. The van der Waals surface area contributed by atoms with Crippen LogP contribution in [0.4, 0.5) is 5.82 Å². The van der Waals surface area contributed by atoms with E-state index in [2.05, 4.69) is 30.9 Å². The normalized spacial score (nSPS) is 17.0. The van der Waals surface area contributed by atoms with Crippen molar-refractivity contribution in [2.75, 3.05) is 19.0 Å². The molecule has 1 atom stereocenters. The standard InChI is InChI=1S/C15H15N5OS/c1-16-14-13-15(18-8-17-14)20(9-19-13)6-10-7-21-11-4-2-3-5-12(11)22-10/h2-5,8-10H,6-7H2,1H3,(H,16,17,18)/t10-/m0/s1. The summed E-state index contributed by atoms with van der Waals surface area (Å²) in [5.74, 6) is 1.72. The van der Waals surface area contributed by atoms with Crippen LogP contribution in [-0.4, -0.2) is 38.4 Å². The largest absolute Gasteiger partial charge is 0.491 e. The first-order chi connectivity index (χ1) is 10.8. The third kappa shape index (κ3) is 2.27. The molecule has 0 radical (unpaired) electrons. The smallest absolute Gasteiger partial charge is 0.165 e. The molecule has 0 saturated heterocycles. The van der Waals surface area contributed by atoms with E-state index in [0.717, 1.165) is 29.3 Å². The molecular formula is C15H15N5OS. The van der Waals surface area contributed by atoms with Crippen molar-refractivity contribution in [1.29, 1.82) is 0 Å². The van der Waals surface area contributed by atoms with Crippen LogP contribution < -0.4 is 10.1 Å². The Balaban J connectivity index is 1.60. The van der Waals surface area contributed by atoms with Crippen LogP contribution in [0.15, 0.2) is 41.8 Å². The predicted molar refractivity (Wildman–Crippen MR) is 86.5 cm³/mol. The van der Waals surface area contributed by atoms with Gasteiger partial charge in [-0.15, -0.1) is 11.8 Å². The minimum absolute atomic E-state index is 0.334. The van der Waals surface area contributed by atoms with Crippen molar-refractivity contribution in [2.45, 2.75) is 16.7 Å². The molecule has 0 spiro atoms. The number of imidazole rings is 1. The molecule has 1 aliphatic rings. The first-order valence-corrected chi connectivity index (χ1v) is 7.95. The van der Waals surface area contributed by atoms with Crippen LogP contribution in [-0.2, 0) is 6.54 Å². The summed E-state index contributed by atoms with van der Waals surface area (Å²) in [6.07, 6.45) is 3.38. The van der Waals surface area contributed by atoms with Gasteiger partial charge in [0.25, 0.3) is 0 Å². The molecule has 1 aliphatic heterocycles. The number of ether oxygens (including phenoxy) is 1. The number of thioether (sulfide) groups is 1. The van der Waals surface area contributed by atoms with Gasteiger partial charge in [0.05, 0.1) is 11.6 Å². The second-order valence-corrected chi connectivity index (χ2v) is 6.38. The minimum atomic E-state index is 0.334. The van der Waals surface area contributed by atoms with Crippen LogP contribution >= 0.6 is 11.8 Å². The molecule has 0 bridgehead atoms. The van der Waals surface area contributed by atoms with E-state index in [9.17, 15) is 0 Å². The van der Waals surface area contributed by atoms with Gasteiger partial charge >= 0.3 is 0 Å². The molecule has 0 aliphatic carbocycles. The zero-order valence-corrected chi connectivity index (χ0v) is 12.9. The highest BCUT2D eigenvalue weighted by molar-refractivity contribution is 8.00. The number of nitrogens with one attached hydrogen (secondary N) is 1. The Labute approximate surface area is 131 Å². The second kappa shape index (κ2) is 5.49. The molecule has 112 valence electrons. The van der Waals surface area contributed by atoms with E-state index in [1.165, 1.54) is 4.90 Å². The van der Waals surface area contributed by atoms with Gasteiger partial charge in [-0.1, -0.05) is 12.1 Å². The number of nitrogens with zero attached hydrogens (tertiary/aromatic N) is 4. The maximum atomic E-state index is 5.84. The fourth-order valence-electron chi connectivity index (χ4n) is 2.57. The maximum Gasteiger partial charge on any atom is 0.165 e. The number of benzene rings is 1. The Bertz CT molecular complexity index is 819. The number of hydrogen-bond donors (Lipinski definition) is 1. The highest BCUT2D eigenvalue weighted by Crippen LogP contribution is 2.37. The molecule has 0 fully saturated rings. The summed E-state index contributed by atoms with van der Waals surface area (Å²) in [5.41, 5.74) is 1.64. The zero-order valence-electron chi connectivity index (χ0n) is 12.1. The average Bonchev–Trinajstić information content (AvgIpc) is 2.98. The summed E-state index contributed by atoms with van der Waals surface area (Å²) in [6, 6.07) is 8.15. The maximum absolute atomic E-state index is 5.84. The van der Waals surface area contributed by atoms with Gasteiger partial charge in [-0.3, -0.25) is 0 Å². The molecule has 0 unspecified atom stereocenters. The molecular weight excluding hydrogens is 298 g/mol. The minimum Gasteiger partial charge on any atom is -0.491 e. The molecule has 7 heteroatoms. The van der Waals surface area contributed by atoms with Crippen molar-refractivity contribution >= 4 is 28.7 Å². The summed E-state index contributed by atoms with van der Waals surface area (Å²) in [7, 11) is 1.84. The monoisotopic (exact) mass is 313 g/mol. The second-order valence-electron chi connectivity index (χ2n) is 5.04. The molecule has 4 rings (SSSR count). The molecule has 0 saturated carbocycles. The summed E-state index contributed by atoms with van der Waals surface area (Å²) < 4.78 is 7.90. The van der Waals surface area contributed by atoms with Crippen molar-refractivity contribution < 1.29 is 4.74 Å². The van der Waals surface area contributed by atoms with Gasteiger partial charge in [0.2, 0.25) is 0 Å². The fraction of sp³-hybridized carbons (Fsp3) is 0.267. The van der Waals surface area contributed by atoms with Crippen molar-refractivity contribution in [3.8, 4) is 5.75 Å². The Hall–Kier alpha value is -2.28. The van der Waals surface area contributed by atoms with E-state index in [1.54, 1.807) is 6.33 Å². The number of anilines is 1. The van der Waals surface area contributed by atoms with E-state index in [1.807, 2.05) is 43.3 Å². The van der Waals surface area contributed by atoms with Gasteiger partial charge in [0.15, 0.2) is 11.5 Å². The fourth-order valence-corrected chi connectivity index (χ4v) is 3.70. The summed E-state index contributed by atoms with van der Waals surface area (Å²) in [6.45, 7) is 1.49. The lowest BCUT2D eigenvalue weighted by atomic mass is 10.3. The third-order valence-corrected chi connectivity index (χ3v) is 4.82. The molecule has 1 aromatic carbocycles. The van der Waals surface area contributed by atoms with Gasteiger partial charge < -0.3 is 14.6 Å². The number of fused-ring (bicyclic) bond motifs is 2. The molecule has 1 N–H and O–H groups in total. The van der Waals surface area contributed by atoms with E-state index < -0.39 is 0 Å². The quantitative estimate of drug-likeness (QED) is 0.801. The molecule has 22 heavy (non-hydrogen) atoms. The van der Waals surface area contributed by atoms with Crippen molar-refractivity contribution in [3.63, 3.8) is 0 Å². The van der Waals surface area contributed by atoms with Gasteiger partial charge in [-0.25, -0.2) is 15.0 Å². The van der Waals surface area contributed by atoms with Gasteiger partial charge in [0.1, 0.15) is 24.2 Å². The third-order valence-electron chi connectivity index (χ3n) is 3.61. The molecule has 0 amide bonds. The van der Waals surface area contributed by atoms with Gasteiger partial charge in [-0.2, -0.15) is 0 Å². The summed E-state index contributed by atoms with van der Waals surface area (Å²) >= 11 is 1.84. The van der Waals surface area contributed by atoms with Gasteiger partial charge in [0, 0.05) is 18.5 Å². The zero-order chi connectivity index (χ0) is 14.9. The van der Waals surface area contributed by atoms with E-state index in [4.69, 9.17) is 4.74 Å². The first kappa shape index (κ1) is 13.4. The number of hydrogen-bond acceptors (Lipinski definition) is 6. The number of rotatable bonds is 3. The topological polar surface area (TPSA) is 64.9 Å². The van der Waals surface area contributed by atoms with Crippen LogP contribution in [0.25, 0.3) is 11.2 Å². The Morgan fingerprint density at radius 1 is 1.32 bits per heavy atom. The number of aromatic nitrogens is 4. The first-order valence-electron chi connectivity index (χ1n) is 7.07. The summed E-state index contributed by atoms with van der Waals surface area (Å²) in [4.78, 5) is 14.2. The van der Waals surface area contributed by atoms with E-state index in [0.29, 0.717) is 11.9 Å². The van der Waals surface area contributed by atoms with Crippen molar-refractivity contribution in [1.82, 2.24) is 19.5 Å². The molecule has 2 aromatic heterocycles. The van der Waals surface area contributed by atoms with E-state index in [-0.39, 0.29) is 0 Å². The van der Waals surface area contributed by atoms with E-state index >= 15 is 0 Å². The van der Waals surface area contributed by atoms with Crippen LogP contribution in [0.5, 0.6) is 5.75 Å². The van der Waals surface area contributed by atoms with Crippen molar-refractivity contribution in [3.05, 3.63) is 36.9 Å². The lowest BCUT2D eigenvalue weighted by Gasteiger charge is -2.24. The molecule has 3 heterocycles. The van der Waals surface area contributed by atoms with Crippen LogP contribution in [0.3, 0.4) is 0 Å².